The van der Waals surface area contributed by atoms with Gasteiger partial charge in [0.1, 0.15) is 6.54 Å². The number of thioether (sulfide) groups is 1. The number of Topliss-reactive ketones (excluding diaryl/α,β-unsaturated/α-hetero) is 1. The molecule has 0 spiro atoms. The zero-order chi connectivity index (χ0) is 17.7. The van der Waals surface area contributed by atoms with Crippen LogP contribution < -0.4 is 5.32 Å². The quantitative estimate of drug-likeness (QED) is 0.622. The Bertz CT molecular complexity index is 676. The lowest BCUT2D eigenvalue weighted by Gasteiger charge is -2.17. The summed E-state index contributed by atoms with van der Waals surface area (Å²) in [5.41, 5.74) is 0.921. The Balaban J connectivity index is 1.87. The van der Waals surface area contributed by atoms with Gasteiger partial charge in [-0.3, -0.25) is 19.2 Å². The van der Waals surface area contributed by atoms with Gasteiger partial charge in [0.25, 0.3) is 11.1 Å². The molecule has 1 aromatic carbocycles. The molecule has 1 fully saturated rings. The minimum atomic E-state index is -1.01. The minimum absolute atomic E-state index is 0.112. The Labute approximate surface area is 143 Å². The predicted octanol–water partition coefficient (Wildman–Crippen LogP) is 1.93. The molecule has 7 nitrogen and oxygen atoms in total. The molecule has 24 heavy (non-hydrogen) atoms. The molecule has 1 aromatic rings. The second-order valence-electron chi connectivity index (χ2n) is 5.29. The zero-order valence-corrected chi connectivity index (χ0v) is 14.2. The molecule has 0 radical (unpaired) electrons. The highest BCUT2D eigenvalue weighted by molar-refractivity contribution is 8.13. The maximum Gasteiger partial charge on any atom is 0.326 e. The molecule has 1 aliphatic heterocycles. The van der Waals surface area contributed by atoms with Crippen LogP contribution in [-0.4, -0.2) is 52.7 Å². The monoisotopic (exact) mass is 350 g/mol. The molecule has 2 amide bonds. The summed E-state index contributed by atoms with van der Waals surface area (Å²) < 4.78 is 5.05. The van der Waals surface area contributed by atoms with E-state index in [1.54, 1.807) is 24.3 Å². The molecule has 0 unspecified atom stereocenters. The van der Waals surface area contributed by atoms with Crippen molar-refractivity contribution in [2.24, 2.45) is 0 Å². The van der Waals surface area contributed by atoms with Gasteiger partial charge in [-0.2, -0.15) is 0 Å². The van der Waals surface area contributed by atoms with Crippen molar-refractivity contribution in [3.05, 3.63) is 29.8 Å². The number of anilines is 1. The van der Waals surface area contributed by atoms with E-state index in [0.717, 1.165) is 11.8 Å². The van der Waals surface area contributed by atoms with Crippen LogP contribution in [0.25, 0.3) is 0 Å². The third kappa shape index (κ3) is 4.82. The van der Waals surface area contributed by atoms with Crippen molar-refractivity contribution in [3.8, 4) is 0 Å². The van der Waals surface area contributed by atoms with E-state index in [1.807, 2.05) is 0 Å². The standard InChI is InChI=1S/C16H18N2O5S/c1-10(19)12-4-3-5-13(8-12)17-15(21)11(2)23-14(20)9-18-6-7-24-16(18)22/h3-5,8,11H,6-7,9H2,1-2H3,(H,17,21)/t11-/m0/s1. The Hall–Kier alpha value is -2.35. The average molecular weight is 350 g/mol. The first-order valence-corrected chi connectivity index (χ1v) is 8.38. The Morgan fingerprint density at radius 2 is 2.12 bits per heavy atom. The van der Waals surface area contributed by atoms with Gasteiger partial charge in [-0.15, -0.1) is 0 Å². The topological polar surface area (TPSA) is 92.8 Å². The molecular formula is C16H18N2O5S. The van der Waals surface area contributed by atoms with Crippen LogP contribution in [0.5, 0.6) is 0 Å². The van der Waals surface area contributed by atoms with E-state index in [-0.39, 0.29) is 17.6 Å². The van der Waals surface area contributed by atoms with Crippen LogP contribution in [0.15, 0.2) is 24.3 Å². The molecule has 1 aliphatic rings. The van der Waals surface area contributed by atoms with Crippen molar-refractivity contribution >= 4 is 40.3 Å². The largest absolute Gasteiger partial charge is 0.451 e. The second kappa shape index (κ2) is 7.96. The molecular weight excluding hydrogens is 332 g/mol. The van der Waals surface area contributed by atoms with E-state index in [2.05, 4.69) is 5.32 Å². The molecule has 0 saturated carbocycles. The fourth-order valence-corrected chi connectivity index (χ4v) is 2.90. The minimum Gasteiger partial charge on any atom is -0.451 e. The van der Waals surface area contributed by atoms with E-state index < -0.39 is 18.0 Å². The number of benzene rings is 1. The average Bonchev–Trinajstić information content (AvgIpc) is 2.92. The van der Waals surface area contributed by atoms with E-state index >= 15 is 0 Å². The van der Waals surface area contributed by atoms with E-state index in [9.17, 15) is 19.2 Å². The van der Waals surface area contributed by atoms with Gasteiger partial charge in [0, 0.05) is 23.5 Å². The molecule has 0 aromatic heterocycles. The van der Waals surface area contributed by atoms with Gasteiger partial charge in [-0.1, -0.05) is 23.9 Å². The Kier molecular flexibility index (Phi) is 5.97. The van der Waals surface area contributed by atoms with Crippen LogP contribution in [0.2, 0.25) is 0 Å². The summed E-state index contributed by atoms with van der Waals surface area (Å²) in [5, 5.41) is 2.43. The molecule has 8 heteroatoms. The van der Waals surface area contributed by atoms with Crippen LogP contribution in [0, 0.1) is 0 Å². The molecule has 0 aliphatic carbocycles. The van der Waals surface area contributed by atoms with E-state index in [1.165, 1.54) is 18.7 Å². The van der Waals surface area contributed by atoms with Crippen LogP contribution in [0.1, 0.15) is 24.2 Å². The first-order valence-electron chi connectivity index (χ1n) is 7.40. The summed E-state index contributed by atoms with van der Waals surface area (Å²) in [5.74, 6) is -0.606. The van der Waals surface area contributed by atoms with Gasteiger partial charge in [-0.25, -0.2) is 0 Å². The number of hydrogen-bond donors (Lipinski definition) is 1. The third-order valence-corrected chi connectivity index (χ3v) is 4.27. The fraction of sp³-hybridized carbons (Fsp3) is 0.375. The number of carbonyl (C=O) groups excluding carboxylic acids is 4. The molecule has 0 bridgehead atoms. The summed E-state index contributed by atoms with van der Waals surface area (Å²) in [6.45, 7) is 3.21. The summed E-state index contributed by atoms with van der Waals surface area (Å²) in [6, 6.07) is 6.49. The first kappa shape index (κ1) is 18.0. The highest BCUT2D eigenvalue weighted by atomic mass is 32.2. The highest BCUT2D eigenvalue weighted by Crippen LogP contribution is 2.17. The molecule has 1 N–H and O–H groups in total. The van der Waals surface area contributed by atoms with Gasteiger partial charge in [0.15, 0.2) is 11.9 Å². The summed E-state index contributed by atoms with van der Waals surface area (Å²) in [4.78, 5) is 48.0. The van der Waals surface area contributed by atoms with Crippen molar-refractivity contribution in [2.45, 2.75) is 20.0 Å². The maximum atomic E-state index is 12.1. The smallest absolute Gasteiger partial charge is 0.326 e. The van der Waals surface area contributed by atoms with Gasteiger partial charge in [0.2, 0.25) is 0 Å². The molecule has 1 heterocycles. The van der Waals surface area contributed by atoms with Crippen LogP contribution in [-0.2, 0) is 14.3 Å². The number of carbonyl (C=O) groups is 4. The number of ketones is 1. The van der Waals surface area contributed by atoms with Crippen LogP contribution in [0.3, 0.4) is 0 Å². The number of ether oxygens (including phenoxy) is 1. The second-order valence-corrected chi connectivity index (χ2v) is 6.34. The number of esters is 1. The molecule has 1 saturated heterocycles. The summed E-state index contributed by atoms with van der Waals surface area (Å²) in [6.07, 6.45) is -1.01. The van der Waals surface area contributed by atoms with Gasteiger partial charge < -0.3 is 15.0 Å². The molecule has 1 atom stereocenters. The van der Waals surface area contributed by atoms with Crippen LogP contribution in [0.4, 0.5) is 10.5 Å². The van der Waals surface area contributed by atoms with Gasteiger partial charge >= 0.3 is 5.97 Å². The zero-order valence-electron chi connectivity index (χ0n) is 13.4. The summed E-state index contributed by atoms with van der Waals surface area (Å²) in [7, 11) is 0. The Morgan fingerprint density at radius 3 is 2.75 bits per heavy atom. The normalized spacial score (nSPS) is 15.1. The number of amides is 2. The fourth-order valence-electron chi connectivity index (χ4n) is 2.07. The van der Waals surface area contributed by atoms with Crippen molar-refractivity contribution in [3.63, 3.8) is 0 Å². The lowest BCUT2D eigenvalue weighted by molar-refractivity contribution is -0.153. The van der Waals surface area contributed by atoms with Gasteiger partial charge in [-0.05, 0) is 26.0 Å². The number of nitrogens with zero attached hydrogens (tertiary/aromatic N) is 1. The Morgan fingerprint density at radius 1 is 1.38 bits per heavy atom. The van der Waals surface area contributed by atoms with E-state index in [4.69, 9.17) is 4.74 Å². The lowest BCUT2D eigenvalue weighted by atomic mass is 10.1. The highest BCUT2D eigenvalue weighted by Gasteiger charge is 2.26. The van der Waals surface area contributed by atoms with Crippen molar-refractivity contribution in [2.75, 3.05) is 24.2 Å². The van der Waals surface area contributed by atoms with Gasteiger partial charge in [0.05, 0.1) is 0 Å². The van der Waals surface area contributed by atoms with E-state index in [0.29, 0.717) is 23.5 Å². The van der Waals surface area contributed by atoms with Crippen molar-refractivity contribution in [1.29, 1.82) is 0 Å². The van der Waals surface area contributed by atoms with Crippen molar-refractivity contribution in [1.82, 2.24) is 4.90 Å². The maximum absolute atomic E-state index is 12.1. The van der Waals surface area contributed by atoms with Crippen LogP contribution >= 0.6 is 11.8 Å². The molecule has 2 rings (SSSR count). The molecule has 128 valence electrons. The summed E-state index contributed by atoms with van der Waals surface area (Å²) >= 11 is 1.15. The number of hydrogen-bond acceptors (Lipinski definition) is 6. The SMILES string of the molecule is CC(=O)c1cccc(NC(=O)[C@H](C)OC(=O)CN2CCSC2=O)c1. The predicted molar refractivity (Wildman–Crippen MR) is 90.1 cm³/mol. The first-order chi connectivity index (χ1) is 11.4. The van der Waals surface area contributed by atoms with Crippen molar-refractivity contribution < 1.29 is 23.9 Å². The number of nitrogens with one attached hydrogen (secondary N) is 1. The third-order valence-electron chi connectivity index (χ3n) is 3.38. The number of rotatable bonds is 6. The lowest BCUT2D eigenvalue weighted by Crippen LogP contribution is -2.36.